The van der Waals surface area contributed by atoms with Crippen molar-refractivity contribution in [2.24, 2.45) is 5.92 Å². The van der Waals surface area contributed by atoms with Crippen LogP contribution in [0.15, 0.2) is 22.7 Å². The highest BCUT2D eigenvalue weighted by Gasteiger charge is 2.31. The van der Waals surface area contributed by atoms with Crippen molar-refractivity contribution in [1.29, 1.82) is 0 Å². The van der Waals surface area contributed by atoms with Gasteiger partial charge in [0.2, 0.25) is 0 Å². The van der Waals surface area contributed by atoms with Crippen molar-refractivity contribution in [3.63, 3.8) is 0 Å². The van der Waals surface area contributed by atoms with E-state index in [9.17, 15) is 4.39 Å². The van der Waals surface area contributed by atoms with Gasteiger partial charge in [-0.25, -0.2) is 4.39 Å². The maximum absolute atomic E-state index is 13.3. The van der Waals surface area contributed by atoms with Gasteiger partial charge in [-0.3, -0.25) is 0 Å². The Labute approximate surface area is 76.4 Å². The van der Waals surface area contributed by atoms with Gasteiger partial charge in [-0.2, -0.15) is 0 Å². The van der Waals surface area contributed by atoms with E-state index in [0.29, 0.717) is 0 Å². The van der Waals surface area contributed by atoms with Crippen LogP contribution in [-0.4, -0.2) is 4.58 Å². The summed E-state index contributed by atoms with van der Waals surface area (Å²) in [7, 11) is 0. The largest absolute Gasteiger partial charge is 0.226 e. The minimum Gasteiger partial charge on any atom is -0.226 e. The second-order valence-electron chi connectivity index (χ2n) is 2.35. The maximum Gasteiger partial charge on any atom is 0.190 e. The monoisotopic (exact) mass is 268 g/mol. The van der Waals surface area contributed by atoms with Crippen LogP contribution < -0.4 is 0 Å². The normalized spacial score (nSPS) is 39.6. The Morgan fingerprint density at radius 1 is 1.70 bits per heavy atom. The van der Waals surface area contributed by atoms with Crippen molar-refractivity contribution in [1.82, 2.24) is 0 Å². The van der Waals surface area contributed by atoms with Gasteiger partial charge < -0.3 is 0 Å². The standard InChI is InChI=1S/C7H7Br2F/c1-5-2-3-6(8)4-7(5,9)10/h2-5H,1H3. The highest BCUT2D eigenvalue weighted by Crippen LogP contribution is 2.37. The molecule has 1 aliphatic rings. The van der Waals surface area contributed by atoms with Crippen molar-refractivity contribution in [3.8, 4) is 0 Å². The number of alkyl halides is 2. The van der Waals surface area contributed by atoms with Crippen LogP contribution in [0.2, 0.25) is 0 Å². The van der Waals surface area contributed by atoms with Crippen LogP contribution in [0.3, 0.4) is 0 Å². The average Bonchev–Trinajstić information content (AvgIpc) is 1.78. The van der Waals surface area contributed by atoms with Gasteiger partial charge in [-0.05, 0) is 22.0 Å². The molecule has 0 radical (unpaired) electrons. The molecular weight excluding hydrogens is 263 g/mol. The van der Waals surface area contributed by atoms with Gasteiger partial charge in [0.15, 0.2) is 4.58 Å². The Hall–Kier alpha value is 0.370. The van der Waals surface area contributed by atoms with Crippen LogP contribution in [0.25, 0.3) is 0 Å². The fourth-order valence-corrected chi connectivity index (χ4v) is 1.92. The first-order valence-electron chi connectivity index (χ1n) is 2.97. The fraction of sp³-hybridized carbons (Fsp3) is 0.429. The van der Waals surface area contributed by atoms with Crippen LogP contribution in [0, 0.1) is 5.92 Å². The second-order valence-corrected chi connectivity index (χ2v) is 4.48. The highest BCUT2D eigenvalue weighted by molar-refractivity contribution is 9.12. The Morgan fingerprint density at radius 2 is 2.30 bits per heavy atom. The van der Waals surface area contributed by atoms with E-state index in [-0.39, 0.29) is 5.92 Å². The van der Waals surface area contributed by atoms with Gasteiger partial charge >= 0.3 is 0 Å². The van der Waals surface area contributed by atoms with Crippen LogP contribution in [-0.2, 0) is 0 Å². The number of hydrogen-bond acceptors (Lipinski definition) is 0. The summed E-state index contributed by atoms with van der Waals surface area (Å²) in [6.45, 7) is 1.82. The zero-order valence-electron chi connectivity index (χ0n) is 5.44. The molecule has 0 aromatic heterocycles. The summed E-state index contributed by atoms with van der Waals surface area (Å²) >= 11 is 6.17. The molecule has 3 heteroatoms. The van der Waals surface area contributed by atoms with Gasteiger partial charge in [0.1, 0.15) is 0 Å². The molecule has 0 nitrogen and oxygen atoms in total. The molecule has 0 fully saturated rings. The lowest BCUT2D eigenvalue weighted by molar-refractivity contribution is 0.300. The van der Waals surface area contributed by atoms with Crippen LogP contribution in [0.1, 0.15) is 6.92 Å². The zero-order valence-corrected chi connectivity index (χ0v) is 8.62. The molecule has 0 spiro atoms. The van der Waals surface area contributed by atoms with Crippen LogP contribution in [0.4, 0.5) is 4.39 Å². The molecule has 0 N–H and O–H groups in total. The first-order chi connectivity index (χ1) is 4.52. The van der Waals surface area contributed by atoms with E-state index in [1.807, 2.05) is 19.1 Å². The molecule has 2 atom stereocenters. The Bertz CT molecular complexity index is 194. The number of halogens is 3. The minimum atomic E-state index is -1.37. The van der Waals surface area contributed by atoms with E-state index in [1.165, 1.54) is 6.08 Å². The van der Waals surface area contributed by atoms with Gasteiger partial charge in [0, 0.05) is 10.4 Å². The number of hydrogen-bond donors (Lipinski definition) is 0. The summed E-state index contributed by atoms with van der Waals surface area (Å²) in [5, 5.41) is 0. The van der Waals surface area contributed by atoms with Crippen LogP contribution >= 0.6 is 31.9 Å². The average molecular weight is 270 g/mol. The SMILES string of the molecule is CC1C=CC(Br)=CC1(F)Br. The molecule has 0 aromatic rings. The van der Waals surface area contributed by atoms with Gasteiger partial charge in [-0.15, -0.1) is 0 Å². The molecule has 0 amide bonds. The number of allylic oxidation sites excluding steroid dienone is 4. The van der Waals surface area contributed by atoms with Crippen LogP contribution in [0.5, 0.6) is 0 Å². The molecule has 1 aliphatic carbocycles. The molecular formula is C7H7Br2F. The van der Waals surface area contributed by atoms with E-state index in [2.05, 4.69) is 31.9 Å². The maximum atomic E-state index is 13.3. The lowest BCUT2D eigenvalue weighted by Crippen LogP contribution is -2.21. The molecule has 1 rings (SSSR count). The molecule has 0 aromatic carbocycles. The van der Waals surface area contributed by atoms with Crippen molar-refractivity contribution in [2.75, 3.05) is 0 Å². The van der Waals surface area contributed by atoms with Gasteiger partial charge in [0.05, 0.1) is 0 Å². The van der Waals surface area contributed by atoms with Gasteiger partial charge in [-0.1, -0.05) is 35.0 Å². The van der Waals surface area contributed by atoms with E-state index in [0.717, 1.165) is 4.48 Å². The molecule has 0 bridgehead atoms. The first-order valence-corrected chi connectivity index (χ1v) is 4.55. The minimum absolute atomic E-state index is 0.103. The Morgan fingerprint density at radius 3 is 2.70 bits per heavy atom. The molecule has 0 saturated heterocycles. The predicted octanol–water partition coefficient (Wildman–Crippen LogP) is 3.53. The quantitative estimate of drug-likeness (QED) is 0.590. The summed E-state index contributed by atoms with van der Waals surface area (Å²) in [4.78, 5) is 0. The van der Waals surface area contributed by atoms with Gasteiger partial charge in [0.25, 0.3) is 0 Å². The lowest BCUT2D eigenvalue weighted by atomic mass is 10.0. The van der Waals surface area contributed by atoms with Crippen molar-refractivity contribution in [3.05, 3.63) is 22.7 Å². The third kappa shape index (κ3) is 1.70. The number of rotatable bonds is 0. The molecule has 0 saturated carbocycles. The third-order valence-electron chi connectivity index (χ3n) is 1.48. The Balaban J connectivity index is 2.88. The summed E-state index contributed by atoms with van der Waals surface area (Å²) in [5.74, 6) is -0.103. The van der Waals surface area contributed by atoms with Crippen molar-refractivity contribution < 1.29 is 4.39 Å². The highest BCUT2D eigenvalue weighted by atomic mass is 79.9. The fourth-order valence-electron chi connectivity index (χ4n) is 0.728. The second kappa shape index (κ2) is 2.78. The summed E-state index contributed by atoms with van der Waals surface area (Å²) in [5.41, 5.74) is 0. The summed E-state index contributed by atoms with van der Waals surface area (Å²) in [6, 6.07) is 0. The molecule has 2 unspecified atom stereocenters. The molecule has 10 heavy (non-hydrogen) atoms. The summed E-state index contributed by atoms with van der Waals surface area (Å²) < 4.78 is 12.7. The van der Waals surface area contributed by atoms with E-state index in [1.54, 1.807) is 0 Å². The van der Waals surface area contributed by atoms with Crippen molar-refractivity contribution in [2.45, 2.75) is 11.5 Å². The zero-order chi connectivity index (χ0) is 7.78. The van der Waals surface area contributed by atoms with E-state index >= 15 is 0 Å². The van der Waals surface area contributed by atoms with E-state index < -0.39 is 4.58 Å². The lowest BCUT2D eigenvalue weighted by Gasteiger charge is -2.22. The van der Waals surface area contributed by atoms with E-state index in [4.69, 9.17) is 0 Å². The topological polar surface area (TPSA) is 0 Å². The smallest absolute Gasteiger partial charge is 0.190 e. The summed E-state index contributed by atoms with van der Waals surface area (Å²) in [6.07, 6.45) is 5.18. The third-order valence-corrected chi connectivity index (χ3v) is 2.93. The molecule has 56 valence electrons. The van der Waals surface area contributed by atoms with Crippen molar-refractivity contribution >= 4 is 31.9 Å². The molecule has 0 aliphatic heterocycles. The predicted molar refractivity (Wildman–Crippen MR) is 48.1 cm³/mol. The first kappa shape index (κ1) is 8.47. The Kier molecular flexibility index (Phi) is 2.35. The molecule has 0 heterocycles.